The Morgan fingerprint density at radius 1 is 1.35 bits per heavy atom. The SMILES string of the molecule is CCOC(=O)c1cnc(S(C)=O)nc1Nc1cccc(N=S(C)(C)=O)n1. The molecule has 0 aliphatic rings. The summed E-state index contributed by atoms with van der Waals surface area (Å²) in [6.45, 7) is 1.87. The molecule has 0 amide bonds. The lowest BCUT2D eigenvalue weighted by atomic mass is 10.3. The van der Waals surface area contributed by atoms with Crippen LogP contribution < -0.4 is 5.32 Å². The minimum atomic E-state index is -2.37. The first-order valence-electron chi connectivity index (χ1n) is 7.48. The molecule has 1 atom stereocenters. The Kier molecular flexibility index (Phi) is 6.37. The summed E-state index contributed by atoms with van der Waals surface area (Å²) in [7, 11) is -3.80. The number of ether oxygens (including phenoxy) is 1. The van der Waals surface area contributed by atoms with Gasteiger partial charge in [0.05, 0.1) is 17.4 Å². The number of aromatic nitrogens is 3. The maximum Gasteiger partial charge on any atom is 0.343 e. The Bertz CT molecular complexity index is 962. The molecule has 0 aliphatic heterocycles. The van der Waals surface area contributed by atoms with Crippen LogP contribution in [0.3, 0.4) is 0 Å². The third kappa shape index (κ3) is 5.56. The average molecular weight is 397 g/mol. The number of carbonyl (C=O) groups excluding carboxylic acids is 1. The molecular formula is C15H19N5O4S2. The van der Waals surface area contributed by atoms with Crippen molar-refractivity contribution in [2.45, 2.75) is 12.1 Å². The number of rotatable bonds is 6. The Hall–Kier alpha value is -2.40. The number of hydrogen-bond acceptors (Lipinski definition) is 9. The van der Waals surface area contributed by atoms with Crippen LogP contribution in [0.4, 0.5) is 17.5 Å². The van der Waals surface area contributed by atoms with Crippen LogP contribution in [0.15, 0.2) is 33.9 Å². The summed E-state index contributed by atoms with van der Waals surface area (Å²) in [5.41, 5.74) is 0.0833. The Morgan fingerprint density at radius 2 is 2.08 bits per heavy atom. The standard InChI is InChI=1S/C15H19N5O4S2/c1-5-24-14(21)10-9-16-15(25(2)22)19-13(10)18-11-7-6-8-12(17-11)20-26(3,4)23/h6-9H,5H2,1-4H3,(H,16,17,18,19). The van der Waals surface area contributed by atoms with Gasteiger partial charge in [-0.05, 0) is 19.1 Å². The highest BCUT2D eigenvalue weighted by Gasteiger charge is 2.17. The first-order valence-corrected chi connectivity index (χ1v) is 11.4. The zero-order chi connectivity index (χ0) is 19.3. The van der Waals surface area contributed by atoms with Gasteiger partial charge in [-0.25, -0.2) is 24.0 Å². The van der Waals surface area contributed by atoms with E-state index in [0.29, 0.717) is 5.82 Å². The van der Waals surface area contributed by atoms with Gasteiger partial charge in [0, 0.05) is 34.7 Å². The molecule has 9 nitrogen and oxygen atoms in total. The molecule has 1 unspecified atom stereocenters. The maximum absolute atomic E-state index is 12.1. The molecule has 0 saturated carbocycles. The molecular weight excluding hydrogens is 378 g/mol. The van der Waals surface area contributed by atoms with Gasteiger partial charge in [0.1, 0.15) is 11.4 Å². The molecule has 0 saturated heterocycles. The van der Waals surface area contributed by atoms with Crippen molar-refractivity contribution in [1.29, 1.82) is 0 Å². The van der Waals surface area contributed by atoms with Crippen LogP contribution in [0.1, 0.15) is 17.3 Å². The summed E-state index contributed by atoms with van der Waals surface area (Å²) in [5.74, 6) is 0.0967. The van der Waals surface area contributed by atoms with E-state index in [-0.39, 0.29) is 29.0 Å². The van der Waals surface area contributed by atoms with E-state index in [9.17, 15) is 13.2 Å². The highest BCUT2D eigenvalue weighted by atomic mass is 32.2. The number of anilines is 2. The first kappa shape index (κ1) is 19.9. The van der Waals surface area contributed by atoms with Crippen LogP contribution in [0.2, 0.25) is 0 Å². The van der Waals surface area contributed by atoms with E-state index in [0.717, 1.165) is 0 Å². The minimum absolute atomic E-state index is 0.0616. The molecule has 2 aromatic rings. The van der Waals surface area contributed by atoms with Gasteiger partial charge in [0.15, 0.2) is 11.6 Å². The molecule has 2 aromatic heterocycles. The highest BCUT2D eigenvalue weighted by molar-refractivity contribution is 7.92. The number of hydrogen-bond donors (Lipinski definition) is 1. The van der Waals surface area contributed by atoms with Crippen LogP contribution in [-0.2, 0) is 25.3 Å². The zero-order valence-corrected chi connectivity index (χ0v) is 16.4. The number of pyridine rings is 1. The molecule has 0 fully saturated rings. The fourth-order valence-corrected chi connectivity index (χ4v) is 2.82. The number of nitrogens with one attached hydrogen (secondary N) is 1. The number of carbonyl (C=O) groups is 1. The van der Waals surface area contributed by atoms with Crippen LogP contribution in [0.25, 0.3) is 0 Å². The maximum atomic E-state index is 12.1. The zero-order valence-electron chi connectivity index (χ0n) is 14.8. The van der Waals surface area contributed by atoms with E-state index >= 15 is 0 Å². The first-order chi connectivity index (χ1) is 12.2. The van der Waals surface area contributed by atoms with Crippen molar-refractivity contribution in [3.63, 3.8) is 0 Å². The van der Waals surface area contributed by atoms with Crippen molar-refractivity contribution in [1.82, 2.24) is 15.0 Å². The Labute approximate surface area is 154 Å². The highest BCUT2D eigenvalue weighted by Crippen LogP contribution is 2.21. The van der Waals surface area contributed by atoms with Crippen LogP contribution >= 0.6 is 0 Å². The molecule has 26 heavy (non-hydrogen) atoms. The van der Waals surface area contributed by atoms with Crippen molar-refractivity contribution in [3.05, 3.63) is 30.0 Å². The van der Waals surface area contributed by atoms with Crippen LogP contribution in [0.5, 0.6) is 0 Å². The summed E-state index contributed by atoms with van der Waals surface area (Å²) in [6.07, 6.45) is 5.69. The summed E-state index contributed by atoms with van der Waals surface area (Å²) < 4.78 is 32.5. The summed E-state index contributed by atoms with van der Waals surface area (Å²) >= 11 is 0. The van der Waals surface area contributed by atoms with Gasteiger partial charge < -0.3 is 10.1 Å². The van der Waals surface area contributed by atoms with Crippen molar-refractivity contribution in [2.75, 3.05) is 30.7 Å². The van der Waals surface area contributed by atoms with E-state index in [4.69, 9.17) is 4.74 Å². The van der Waals surface area contributed by atoms with Crippen LogP contribution in [-0.4, -0.2) is 54.7 Å². The van der Waals surface area contributed by atoms with Crippen molar-refractivity contribution >= 4 is 44.0 Å². The third-order valence-electron chi connectivity index (χ3n) is 2.81. The van der Waals surface area contributed by atoms with Gasteiger partial charge in [-0.15, -0.1) is 0 Å². The second kappa shape index (κ2) is 8.32. The molecule has 2 heterocycles. The van der Waals surface area contributed by atoms with E-state index in [1.165, 1.54) is 25.0 Å². The normalized spacial score (nSPS) is 12.3. The lowest BCUT2D eigenvalue weighted by molar-refractivity contribution is 0.0526. The monoisotopic (exact) mass is 397 g/mol. The summed E-state index contributed by atoms with van der Waals surface area (Å²) in [6, 6.07) is 4.91. The fraction of sp³-hybridized carbons (Fsp3) is 0.333. The molecule has 0 aliphatic carbocycles. The second-order valence-electron chi connectivity index (χ2n) is 5.37. The van der Waals surface area contributed by atoms with Gasteiger partial charge in [-0.3, -0.25) is 4.21 Å². The summed E-state index contributed by atoms with van der Waals surface area (Å²) in [5, 5.41) is 2.94. The Morgan fingerprint density at radius 3 is 2.69 bits per heavy atom. The smallest absolute Gasteiger partial charge is 0.343 e. The Balaban J connectivity index is 2.45. The molecule has 0 radical (unpaired) electrons. The number of nitrogens with zero attached hydrogens (tertiary/aromatic N) is 4. The van der Waals surface area contributed by atoms with E-state index < -0.39 is 26.5 Å². The van der Waals surface area contributed by atoms with Gasteiger partial charge in [0.2, 0.25) is 5.16 Å². The molecule has 11 heteroatoms. The average Bonchev–Trinajstić information content (AvgIpc) is 2.53. The molecule has 0 spiro atoms. The minimum Gasteiger partial charge on any atom is -0.462 e. The molecule has 0 bridgehead atoms. The third-order valence-corrected chi connectivity index (χ3v) is 4.15. The van der Waals surface area contributed by atoms with E-state index in [1.807, 2.05) is 0 Å². The lowest BCUT2D eigenvalue weighted by Gasteiger charge is -2.10. The number of esters is 1. The predicted octanol–water partition coefficient (Wildman–Crippen LogP) is 1.89. The van der Waals surface area contributed by atoms with Crippen LogP contribution in [0, 0.1) is 0 Å². The van der Waals surface area contributed by atoms with Crippen molar-refractivity contribution < 1.29 is 17.9 Å². The largest absolute Gasteiger partial charge is 0.462 e. The molecule has 140 valence electrons. The van der Waals surface area contributed by atoms with E-state index in [1.54, 1.807) is 25.1 Å². The quantitative estimate of drug-likeness (QED) is 0.579. The molecule has 2 rings (SSSR count). The molecule has 1 N–H and O–H groups in total. The lowest BCUT2D eigenvalue weighted by Crippen LogP contribution is -2.12. The van der Waals surface area contributed by atoms with Gasteiger partial charge in [-0.1, -0.05) is 6.07 Å². The van der Waals surface area contributed by atoms with Gasteiger partial charge >= 0.3 is 5.97 Å². The fourth-order valence-electron chi connectivity index (χ4n) is 1.85. The van der Waals surface area contributed by atoms with Gasteiger partial charge in [-0.2, -0.15) is 4.36 Å². The predicted molar refractivity (Wildman–Crippen MR) is 99.9 cm³/mol. The second-order valence-corrected chi connectivity index (χ2v) is 9.19. The van der Waals surface area contributed by atoms with Crippen molar-refractivity contribution in [3.8, 4) is 0 Å². The molecule has 0 aromatic carbocycles. The van der Waals surface area contributed by atoms with Crippen molar-refractivity contribution in [2.24, 2.45) is 4.36 Å². The summed E-state index contributed by atoms with van der Waals surface area (Å²) in [4.78, 5) is 24.4. The topological polar surface area (TPSA) is 124 Å². The van der Waals surface area contributed by atoms with E-state index in [2.05, 4.69) is 24.6 Å². The van der Waals surface area contributed by atoms with Gasteiger partial charge in [0.25, 0.3) is 0 Å².